The molecule has 0 aliphatic carbocycles. The van der Waals surface area contributed by atoms with Crippen LogP contribution in [-0.2, 0) is 0 Å². The van der Waals surface area contributed by atoms with Gasteiger partial charge in [-0.05, 0) is 49.4 Å². The Morgan fingerprint density at radius 3 is 2.90 bits per heavy atom. The van der Waals surface area contributed by atoms with Gasteiger partial charge in [-0.25, -0.2) is 0 Å². The van der Waals surface area contributed by atoms with E-state index in [0.29, 0.717) is 12.1 Å². The summed E-state index contributed by atoms with van der Waals surface area (Å²) in [7, 11) is 0. The summed E-state index contributed by atoms with van der Waals surface area (Å²) < 4.78 is 0. The number of aliphatic hydroxyl groups excluding tert-OH is 2. The zero-order valence-electron chi connectivity index (χ0n) is 12.3. The third kappa shape index (κ3) is 3.84. The predicted octanol–water partition coefficient (Wildman–Crippen LogP) is 1.18. The Morgan fingerprint density at radius 2 is 2.24 bits per heavy atom. The van der Waals surface area contributed by atoms with Crippen molar-refractivity contribution in [3.05, 3.63) is 34.9 Å². The minimum Gasteiger partial charge on any atom is -0.396 e. The van der Waals surface area contributed by atoms with Crippen LogP contribution in [0.2, 0.25) is 0 Å². The van der Waals surface area contributed by atoms with Gasteiger partial charge in [0.2, 0.25) is 0 Å². The van der Waals surface area contributed by atoms with Crippen LogP contribution in [0.1, 0.15) is 34.3 Å². The van der Waals surface area contributed by atoms with Gasteiger partial charge in [0.25, 0.3) is 5.91 Å². The maximum Gasteiger partial charge on any atom is 0.253 e. The molecule has 1 aromatic carbocycles. The molecule has 0 spiro atoms. The van der Waals surface area contributed by atoms with Crippen LogP contribution < -0.4 is 0 Å². The molecule has 1 fully saturated rings. The van der Waals surface area contributed by atoms with Crippen LogP contribution in [0.4, 0.5) is 0 Å². The van der Waals surface area contributed by atoms with E-state index < -0.39 is 0 Å². The van der Waals surface area contributed by atoms with E-state index in [9.17, 15) is 9.90 Å². The van der Waals surface area contributed by atoms with E-state index in [1.807, 2.05) is 24.0 Å². The third-order valence-electron chi connectivity index (χ3n) is 3.84. The Bertz CT molecular complexity index is 571. The number of benzene rings is 1. The Hall–Kier alpha value is -1.83. The molecule has 4 nitrogen and oxygen atoms in total. The summed E-state index contributed by atoms with van der Waals surface area (Å²) in [5, 5.41) is 18.0. The lowest BCUT2D eigenvalue weighted by atomic mass is 9.97. The Morgan fingerprint density at radius 1 is 1.43 bits per heavy atom. The first-order chi connectivity index (χ1) is 10.2. The van der Waals surface area contributed by atoms with E-state index in [0.717, 1.165) is 30.5 Å². The van der Waals surface area contributed by atoms with Crippen LogP contribution in [0.25, 0.3) is 0 Å². The number of hydrogen-bond donors (Lipinski definition) is 2. The molecule has 1 heterocycles. The number of likely N-dealkylation sites (tertiary alicyclic amines) is 1. The van der Waals surface area contributed by atoms with Crippen LogP contribution in [-0.4, -0.2) is 47.3 Å². The van der Waals surface area contributed by atoms with Gasteiger partial charge in [-0.15, -0.1) is 0 Å². The number of carbonyl (C=O) groups is 1. The van der Waals surface area contributed by atoms with Crippen LogP contribution in [0, 0.1) is 24.7 Å². The summed E-state index contributed by atoms with van der Waals surface area (Å²) in [6.45, 7) is 3.25. The molecule has 1 amide bonds. The number of aliphatic hydroxyl groups is 2. The zero-order chi connectivity index (χ0) is 15.2. The van der Waals surface area contributed by atoms with Crippen molar-refractivity contribution < 1.29 is 15.0 Å². The standard InChI is InChI=1S/C17H21NO3/c1-13-10-16(7-6-15(13)5-3-9-19)17(21)18-8-2-4-14(11-18)12-20/h6-7,10,14,19-20H,2,4,8-9,11-12H2,1H3. The van der Waals surface area contributed by atoms with Gasteiger partial charge in [0.15, 0.2) is 0 Å². The second-order valence-electron chi connectivity index (χ2n) is 5.43. The number of carbonyl (C=O) groups excluding carboxylic acids is 1. The highest BCUT2D eigenvalue weighted by Gasteiger charge is 2.24. The smallest absolute Gasteiger partial charge is 0.253 e. The maximum absolute atomic E-state index is 12.5. The Labute approximate surface area is 125 Å². The predicted molar refractivity (Wildman–Crippen MR) is 80.9 cm³/mol. The highest BCUT2D eigenvalue weighted by atomic mass is 16.3. The molecule has 2 rings (SSSR count). The maximum atomic E-state index is 12.5. The van der Waals surface area contributed by atoms with E-state index >= 15 is 0 Å². The number of amides is 1. The molecule has 21 heavy (non-hydrogen) atoms. The molecule has 0 radical (unpaired) electrons. The molecule has 1 aromatic rings. The number of hydrogen-bond acceptors (Lipinski definition) is 3. The van der Waals surface area contributed by atoms with Crippen molar-refractivity contribution in [2.75, 3.05) is 26.3 Å². The molecule has 0 aromatic heterocycles. The summed E-state index contributed by atoms with van der Waals surface area (Å²) in [6.07, 6.45) is 1.92. The van der Waals surface area contributed by atoms with Gasteiger partial charge in [0.05, 0.1) is 0 Å². The summed E-state index contributed by atoms with van der Waals surface area (Å²) in [6, 6.07) is 5.43. The number of aryl methyl sites for hydroxylation is 1. The monoisotopic (exact) mass is 287 g/mol. The van der Waals surface area contributed by atoms with Crippen LogP contribution in [0.15, 0.2) is 18.2 Å². The summed E-state index contributed by atoms with van der Waals surface area (Å²) >= 11 is 0. The van der Waals surface area contributed by atoms with Crippen molar-refractivity contribution in [3.8, 4) is 11.8 Å². The van der Waals surface area contributed by atoms with Gasteiger partial charge in [-0.2, -0.15) is 0 Å². The van der Waals surface area contributed by atoms with Gasteiger partial charge < -0.3 is 15.1 Å². The molecule has 2 N–H and O–H groups in total. The first-order valence-electron chi connectivity index (χ1n) is 7.26. The number of piperidine rings is 1. The lowest BCUT2D eigenvalue weighted by Crippen LogP contribution is -2.40. The van der Waals surface area contributed by atoms with Gasteiger partial charge in [0.1, 0.15) is 6.61 Å². The first kappa shape index (κ1) is 15.6. The number of rotatable bonds is 2. The minimum absolute atomic E-state index is 0.0120. The van der Waals surface area contributed by atoms with Crippen molar-refractivity contribution in [2.45, 2.75) is 19.8 Å². The average Bonchev–Trinajstić information content (AvgIpc) is 2.53. The average molecular weight is 287 g/mol. The van der Waals surface area contributed by atoms with Gasteiger partial charge in [-0.3, -0.25) is 4.79 Å². The molecule has 0 bridgehead atoms. The fraction of sp³-hybridized carbons (Fsp3) is 0.471. The molecule has 1 aliphatic heterocycles. The van der Waals surface area contributed by atoms with E-state index in [1.54, 1.807) is 6.07 Å². The van der Waals surface area contributed by atoms with E-state index in [1.165, 1.54) is 0 Å². The van der Waals surface area contributed by atoms with Crippen molar-refractivity contribution in [1.29, 1.82) is 0 Å². The third-order valence-corrected chi connectivity index (χ3v) is 3.84. The molecule has 1 atom stereocenters. The van der Waals surface area contributed by atoms with Crippen molar-refractivity contribution >= 4 is 5.91 Å². The Balaban J connectivity index is 2.14. The Kier molecular flexibility index (Phi) is 5.38. The molecule has 4 heteroatoms. The van der Waals surface area contributed by atoms with Crippen molar-refractivity contribution in [3.63, 3.8) is 0 Å². The SMILES string of the molecule is Cc1cc(C(=O)N2CCCC(CO)C2)ccc1C#CCO. The summed E-state index contributed by atoms with van der Waals surface area (Å²) in [4.78, 5) is 14.3. The topological polar surface area (TPSA) is 60.8 Å². The normalized spacial score (nSPS) is 18.0. The molecule has 0 saturated carbocycles. The van der Waals surface area contributed by atoms with Crippen LogP contribution in [0.3, 0.4) is 0 Å². The molecular formula is C17H21NO3. The molecular weight excluding hydrogens is 266 g/mol. The highest BCUT2D eigenvalue weighted by Crippen LogP contribution is 2.19. The van der Waals surface area contributed by atoms with Gasteiger partial charge in [-0.1, -0.05) is 11.8 Å². The number of nitrogens with zero attached hydrogens (tertiary/aromatic N) is 1. The van der Waals surface area contributed by atoms with E-state index in [4.69, 9.17) is 5.11 Å². The lowest BCUT2D eigenvalue weighted by Gasteiger charge is -2.32. The second kappa shape index (κ2) is 7.26. The highest BCUT2D eigenvalue weighted by molar-refractivity contribution is 5.94. The van der Waals surface area contributed by atoms with Crippen LogP contribution in [0.5, 0.6) is 0 Å². The largest absolute Gasteiger partial charge is 0.396 e. The first-order valence-corrected chi connectivity index (χ1v) is 7.26. The summed E-state index contributed by atoms with van der Waals surface area (Å²) in [5.74, 6) is 5.68. The van der Waals surface area contributed by atoms with Crippen molar-refractivity contribution in [1.82, 2.24) is 4.90 Å². The minimum atomic E-state index is -0.170. The summed E-state index contributed by atoms with van der Waals surface area (Å²) in [5.41, 5.74) is 2.41. The lowest BCUT2D eigenvalue weighted by molar-refractivity contribution is 0.0620. The fourth-order valence-electron chi connectivity index (χ4n) is 2.65. The van der Waals surface area contributed by atoms with Crippen molar-refractivity contribution in [2.24, 2.45) is 5.92 Å². The van der Waals surface area contributed by atoms with Gasteiger partial charge in [0, 0.05) is 30.8 Å². The van der Waals surface area contributed by atoms with E-state index in [-0.39, 0.29) is 25.0 Å². The molecule has 1 saturated heterocycles. The second-order valence-corrected chi connectivity index (χ2v) is 5.43. The molecule has 112 valence electrons. The molecule has 1 unspecified atom stereocenters. The quantitative estimate of drug-likeness (QED) is 0.803. The van der Waals surface area contributed by atoms with E-state index in [2.05, 4.69) is 11.8 Å². The van der Waals surface area contributed by atoms with Gasteiger partial charge >= 0.3 is 0 Å². The van der Waals surface area contributed by atoms with Crippen LogP contribution >= 0.6 is 0 Å². The fourth-order valence-corrected chi connectivity index (χ4v) is 2.65. The molecule has 1 aliphatic rings. The zero-order valence-corrected chi connectivity index (χ0v) is 12.3.